The van der Waals surface area contributed by atoms with Crippen molar-refractivity contribution < 1.29 is 14.0 Å². The molecule has 0 bridgehead atoms. The number of hydrogen-bond donors (Lipinski definition) is 1. The molecule has 0 saturated carbocycles. The van der Waals surface area contributed by atoms with Gasteiger partial charge in [0.05, 0.1) is 6.54 Å². The number of hydrogen-bond acceptors (Lipinski definition) is 2. The van der Waals surface area contributed by atoms with Crippen LogP contribution in [0.4, 0.5) is 9.18 Å². The Bertz CT molecular complexity index is 838. The third kappa shape index (κ3) is 2.93. The quantitative estimate of drug-likeness (QED) is 0.693. The minimum atomic E-state index is -0.541. The maximum atomic E-state index is 13.8. The number of carbonyl (C=O) groups excluding carboxylic acids is 2. The van der Waals surface area contributed by atoms with Gasteiger partial charge in [-0.25, -0.2) is 9.18 Å². The fourth-order valence-corrected chi connectivity index (χ4v) is 2.71. The van der Waals surface area contributed by atoms with E-state index in [4.69, 9.17) is 0 Å². The molecule has 0 unspecified atom stereocenters. The molecule has 4 nitrogen and oxygen atoms in total. The van der Waals surface area contributed by atoms with Crippen LogP contribution in [-0.4, -0.2) is 16.8 Å². The van der Waals surface area contributed by atoms with E-state index in [0.29, 0.717) is 5.56 Å². The van der Waals surface area contributed by atoms with Crippen molar-refractivity contribution in [2.24, 2.45) is 0 Å². The van der Waals surface area contributed by atoms with Crippen LogP contribution in [0.5, 0.6) is 0 Å². The second kappa shape index (κ2) is 6.28. The lowest BCUT2D eigenvalue weighted by Crippen LogP contribution is -2.30. The van der Waals surface area contributed by atoms with Gasteiger partial charge in [0, 0.05) is 5.56 Å². The lowest BCUT2D eigenvalue weighted by atomic mass is 10.0. The summed E-state index contributed by atoms with van der Waals surface area (Å²) in [6, 6.07) is 11.4. The number of rotatable bonds is 3. The second-order valence-corrected chi connectivity index (χ2v) is 5.78. The van der Waals surface area contributed by atoms with Crippen LogP contribution < -0.4 is 5.32 Å². The van der Waals surface area contributed by atoms with Gasteiger partial charge in [-0.2, -0.15) is 0 Å². The summed E-state index contributed by atoms with van der Waals surface area (Å²) in [4.78, 5) is 25.6. The van der Waals surface area contributed by atoms with E-state index in [1.165, 1.54) is 6.07 Å². The normalized spacial score (nSPS) is 16.0. The number of benzene rings is 2. The minimum Gasteiger partial charge on any atom is -0.303 e. The number of nitrogens with one attached hydrogen (secondary N) is 1. The van der Waals surface area contributed by atoms with E-state index < -0.39 is 17.8 Å². The summed E-state index contributed by atoms with van der Waals surface area (Å²) >= 11 is 0. The first kappa shape index (κ1) is 15.9. The number of nitrogens with zero attached hydrogens (tertiary/aromatic N) is 1. The van der Waals surface area contributed by atoms with Gasteiger partial charge in [-0.1, -0.05) is 36.4 Å². The number of imide groups is 1. The van der Waals surface area contributed by atoms with Crippen LogP contribution in [0.15, 0.2) is 48.2 Å². The van der Waals surface area contributed by atoms with Crippen molar-refractivity contribution in [1.82, 2.24) is 10.2 Å². The zero-order valence-corrected chi connectivity index (χ0v) is 13.5. The van der Waals surface area contributed by atoms with Crippen molar-refractivity contribution in [3.05, 3.63) is 76.2 Å². The van der Waals surface area contributed by atoms with Gasteiger partial charge in [0.25, 0.3) is 5.91 Å². The molecule has 0 radical (unpaired) electrons. The first-order valence-corrected chi connectivity index (χ1v) is 7.61. The Balaban J connectivity index is 1.89. The van der Waals surface area contributed by atoms with Crippen molar-refractivity contribution in [2.75, 3.05) is 0 Å². The minimum absolute atomic E-state index is 0.0958. The zero-order valence-electron chi connectivity index (χ0n) is 13.5. The van der Waals surface area contributed by atoms with Crippen molar-refractivity contribution >= 4 is 18.0 Å². The second-order valence-electron chi connectivity index (χ2n) is 5.78. The summed E-state index contributed by atoms with van der Waals surface area (Å²) in [7, 11) is 0. The predicted octanol–water partition coefficient (Wildman–Crippen LogP) is 3.54. The third-order valence-corrected chi connectivity index (χ3v) is 4.08. The van der Waals surface area contributed by atoms with Crippen molar-refractivity contribution in [3.63, 3.8) is 0 Å². The average Bonchev–Trinajstić information content (AvgIpc) is 2.80. The molecule has 0 spiro atoms. The SMILES string of the molecule is Cc1cccc(C)c1/C=C1\NC(=O)N(Cc2ccccc2F)C1=O. The highest BCUT2D eigenvalue weighted by atomic mass is 19.1. The smallest absolute Gasteiger partial charge is 0.303 e. The summed E-state index contributed by atoms with van der Waals surface area (Å²) in [5.74, 6) is -0.892. The van der Waals surface area contributed by atoms with E-state index in [9.17, 15) is 14.0 Å². The van der Waals surface area contributed by atoms with E-state index in [0.717, 1.165) is 21.6 Å². The largest absolute Gasteiger partial charge is 0.329 e. The molecule has 3 rings (SSSR count). The maximum Gasteiger partial charge on any atom is 0.329 e. The molecule has 1 saturated heterocycles. The molecule has 1 aliphatic heterocycles. The fourth-order valence-electron chi connectivity index (χ4n) is 2.71. The first-order valence-electron chi connectivity index (χ1n) is 7.61. The van der Waals surface area contributed by atoms with Gasteiger partial charge in [-0.15, -0.1) is 0 Å². The van der Waals surface area contributed by atoms with Crippen LogP contribution in [0, 0.1) is 19.7 Å². The summed E-state index contributed by atoms with van der Waals surface area (Å²) in [5, 5.41) is 2.57. The highest BCUT2D eigenvalue weighted by Gasteiger charge is 2.34. The number of carbonyl (C=O) groups is 2. The first-order chi connectivity index (χ1) is 11.5. The van der Waals surface area contributed by atoms with Crippen molar-refractivity contribution in [3.8, 4) is 0 Å². The zero-order chi connectivity index (χ0) is 17.3. The maximum absolute atomic E-state index is 13.8. The molecular formula is C19H17FN2O2. The lowest BCUT2D eigenvalue weighted by molar-refractivity contribution is -0.123. The molecule has 0 atom stereocenters. The molecule has 5 heteroatoms. The number of amides is 3. The summed E-state index contributed by atoms with van der Waals surface area (Å²) in [6.07, 6.45) is 1.67. The number of urea groups is 1. The monoisotopic (exact) mass is 324 g/mol. The Morgan fingerprint density at radius 1 is 1.04 bits per heavy atom. The molecular weight excluding hydrogens is 307 g/mol. The van der Waals surface area contributed by atoms with Gasteiger partial charge in [0.15, 0.2) is 0 Å². The van der Waals surface area contributed by atoms with Gasteiger partial charge in [-0.05, 0) is 42.7 Å². The average molecular weight is 324 g/mol. The highest BCUT2D eigenvalue weighted by Crippen LogP contribution is 2.21. The third-order valence-electron chi connectivity index (χ3n) is 4.08. The van der Waals surface area contributed by atoms with Gasteiger partial charge < -0.3 is 5.32 Å². The molecule has 122 valence electrons. The Kier molecular flexibility index (Phi) is 4.16. The van der Waals surface area contributed by atoms with Crippen LogP contribution in [0.3, 0.4) is 0 Å². The van der Waals surface area contributed by atoms with Gasteiger partial charge >= 0.3 is 6.03 Å². The Labute approximate surface area is 139 Å². The van der Waals surface area contributed by atoms with Crippen molar-refractivity contribution in [2.45, 2.75) is 20.4 Å². The fraction of sp³-hybridized carbons (Fsp3) is 0.158. The highest BCUT2D eigenvalue weighted by molar-refractivity contribution is 6.14. The molecule has 1 heterocycles. The molecule has 1 aliphatic rings. The summed E-state index contributed by atoms with van der Waals surface area (Å²) < 4.78 is 13.8. The number of halogens is 1. The molecule has 0 aliphatic carbocycles. The molecule has 24 heavy (non-hydrogen) atoms. The van der Waals surface area contributed by atoms with Gasteiger partial charge in [0.2, 0.25) is 0 Å². The number of aryl methyl sites for hydroxylation is 2. The molecule has 1 fully saturated rings. The van der Waals surface area contributed by atoms with Crippen LogP contribution >= 0.6 is 0 Å². The lowest BCUT2D eigenvalue weighted by Gasteiger charge is -2.12. The van der Waals surface area contributed by atoms with E-state index in [1.54, 1.807) is 24.3 Å². The topological polar surface area (TPSA) is 49.4 Å². The van der Waals surface area contributed by atoms with Crippen LogP contribution in [-0.2, 0) is 11.3 Å². The standard InChI is InChI=1S/C19H17FN2O2/c1-12-6-5-7-13(2)15(12)10-17-18(23)22(19(24)21-17)11-14-8-3-4-9-16(14)20/h3-10H,11H2,1-2H3,(H,21,24)/b17-10-. The summed E-state index contributed by atoms with van der Waals surface area (Å²) in [5.41, 5.74) is 3.42. The predicted molar refractivity (Wildman–Crippen MR) is 89.4 cm³/mol. The van der Waals surface area contributed by atoms with E-state index in [1.807, 2.05) is 32.0 Å². The van der Waals surface area contributed by atoms with Crippen LogP contribution in [0.25, 0.3) is 6.08 Å². The van der Waals surface area contributed by atoms with Crippen LogP contribution in [0.1, 0.15) is 22.3 Å². The molecule has 1 N–H and O–H groups in total. The summed E-state index contributed by atoms with van der Waals surface area (Å²) in [6.45, 7) is 3.79. The van der Waals surface area contributed by atoms with Gasteiger partial charge in [-0.3, -0.25) is 9.69 Å². The van der Waals surface area contributed by atoms with E-state index >= 15 is 0 Å². The van der Waals surface area contributed by atoms with Crippen LogP contribution in [0.2, 0.25) is 0 Å². The van der Waals surface area contributed by atoms with Crippen molar-refractivity contribution in [1.29, 1.82) is 0 Å². The van der Waals surface area contributed by atoms with Gasteiger partial charge in [0.1, 0.15) is 11.5 Å². The Morgan fingerprint density at radius 2 is 1.71 bits per heavy atom. The molecule has 2 aromatic carbocycles. The molecule has 0 aromatic heterocycles. The van der Waals surface area contributed by atoms with E-state index in [-0.39, 0.29) is 12.2 Å². The van der Waals surface area contributed by atoms with E-state index in [2.05, 4.69) is 5.32 Å². The Morgan fingerprint density at radius 3 is 2.38 bits per heavy atom. The Hall–Kier alpha value is -2.95. The molecule has 2 aromatic rings. The molecule has 3 amide bonds.